The fourth-order valence-corrected chi connectivity index (χ4v) is 2.95. The third-order valence-corrected chi connectivity index (χ3v) is 4.64. The molecule has 2 N–H and O–H groups in total. The molecule has 0 aliphatic carbocycles. The summed E-state index contributed by atoms with van der Waals surface area (Å²) in [4.78, 5) is 18.9. The molecule has 1 atom stereocenters. The number of carbonyl (C=O) groups excluding carboxylic acids is 1. The highest BCUT2D eigenvalue weighted by Gasteiger charge is 2.35. The topological polar surface area (TPSA) is 72.4 Å². The van der Waals surface area contributed by atoms with Crippen LogP contribution in [0.3, 0.4) is 0 Å². The van der Waals surface area contributed by atoms with Gasteiger partial charge in [0.1, 0.15) is 5.76 Å². The van der Waals surface area contributed by atoms with Crippen LogP contribution >= 0.6 is 24.8 Å². The van der Waals surface area contributed by atoms with E-state index in [-0.39, 0.29) is 42.6 Å². The second kappa shape index (κ2) is 8.70. The molecule has 0 saturated carbocycles. The maximum atomic E-state index is 12.5. The quantitative estimate of drug-likeness (QED) is 0.876. The number of likely N-dealkylation sites (tertiary alicyclic amines) is 1. The molecule has 0 bridgehead atoms. The fraction of sp³-hybridized carbons (Fsp3) is 0.444. The number of nitrogens with zero attached hydrogens (tertiary/aromatic N) is 2. The first-order valence-corrected chi connectivity index (χ1v) is 8.00. The third kappa shape index (κ3) is 4.75. The molecule has 7 heteroatoms. The molecule has 1 unspecified atom stereocenters. The number of aromatic nitrogens is 1. The number of benzene rings is 1. The summed E-state index contributed by atoms with van der Waals surface area (Å²) < 4.78 is 5.72. The molecule has 1 aromatic carbocycles. The molecule has 1 aromatic heterocycles. The second-order valence-electron chi connectivity index (χ2n) is 6.64. The first-order chi connectivity index (χ1) is 11.0. The van der Waals surface area contributed by atoms with E-state index in [1.54, 1.807) is 0 Å². The number of carbonyl (C=O) groups is 1. The lowest BCUT2D eigenvalue weighted by atomic mass is 9.90. The second-order valence-corrected chi connectivity index (χ2v) is 6.64. The minimum absolute atomic E-state index is 0. The van der Waals surface area contributed by atoms with Crippen LogP contribution in [0.4, 0.5) is 0 Å². The maximum absolute atomic E-state index is 12.5. The Balaban J connectivity index is 0.00000156. The lowest BCUT2D eigenvalue weighted by molar-refractivity contribution is -0.129. The first-order valence-electron chi connectivity index (χ1n) is 8.00. The van der Waals surface area contributed by atoms with E-state index in [1.165, 1.54) is 0 Å². The van der Waals surface area contributed by atoms with Gasteiger partial charge < -0.3 is 15.1 Å². The van der Waals surface area contributed by atoms with Crippen molar-refractivity contribution in [3.63, 3.8) is 0 Å². The van der Waals surface area contributed by atoms with Crippen molar-refractivity contribution in [2.45, 2.75) is 26.7 Å². The van der Waals surface area contributed by atoms with Gasteiger partial charge in [-0.2, -0.15) is 0 Å². The minimum atomic E-state index is 0. The monoisotopic (exact) mass is 385 g/mol. The number of aryl methyl sites for hydroxylation is 1. The van der Waals surface area contributed by atoms with Crippen LogP contribution in [0.15, 0.2) is 34.7 Å². The van der Waals surface area contributed by atoms with Crippen LogP contribution in [0, 0.1) is 12.3 Å². The van der Waals surface area contributed by atoms with Gasteiger partial charge in [-0.3, -0.25) is 4.79 Å². The van der Waals surface area contributed by atoms with E-state index in [0.29, 0.717) is 18.2 Å². The molecule has 5 nitrogen and oxygen atoms in total. The molecule has 0 spiro atoms. The zero-order valence-corrected chi connectivity index (χ0v) is 16.2. The van der Waals surface area contributed by atoms with E-state index in [9.17, 15) is 4.79 Å². The number of oxazole rings is 1. The molecule has 1 amide bonds. The van der Waals surface area contributed by atoms with Gasteiger partial charge in [0.2, 0.25) is 11.8 Å². The van der Waals surface area contributed by atoms with Crippen molar-refractivity contribution in [1.82, 2.24) is 9.88 Å². The van der Waals surface area contributed by atoms with Gasteiger partial charge >= 0.3 is 0 Å². The van der Waals surface area contributed by atoms with Crippen molar-refractivity contribution in [2.75, 3.05) is 19.6 Å². The first kappa shape index (κ1) is 21.5. The van der Waals surface area contributed by atoms with Crippen molar-refractivity contribution in [3.05, 3.63) is 41.8 Å². The van der Waals surface area contributed by atoms with Crippen LogP contribution in [-0.4, -0.2) is 35.4 Å². The van der Waals surface area contributed by atoms with Crippen molar-refractivity contribution in [3.8, 4) is 11.5 Å². The molecule has 2 heterocycles. The van der Waals surface area contributed by atoms with Gasteiger partial charge in [0, 0.05) is 18.7 Å². The lowest BCUT2D eigenvalue weighted by Crippen LogP contribution is -2.35. The summed E-state index contributed by atoms with van der Waals surface area (Å²) in [5.74, 6) is 1.37. The van der Waals surface area contributed by atoms with E-state index in [1.807, 2.05) is 42.2 Å². The Hall–Kier alpha value is -1.56. The van der Waals surface area contributed by atoms with E-state index >= 15 is 0 Å². The number of hydrogen-bond donors (Lipinski definition) is 1. The standard InChI is InChI=1S/C18H23N3O2.2ClH/c1-13-15(20-17(23-13)14-6-4-3-5-7-14)10-16(22)21-9-8-18(2,11-19)12-21;;/h3-7H,8-12,19H2,1-2H3;2*1H. The van der Waals surface area contributed by atoms with Crippen LogP contribution < -0.4 is 5.73 Å². The normalized spacial score (nSPS) is 19.2. The van der Waals surface area contributed by atoms with Crippen LogP contribution in [-0.2, 0) is 11.2 Å². The van der Waals surface area contributed by atoms with Gasteiger partial charge in [-0.15, -0.1) is 24.8 Å². The molecule has 25 heavy (non-hydrogen) atoms. The summed E-state index contributed by atoms with van der Waals surface area (Å²) in [5.41, 5.74) is 7.50. The fourth-order valence-electron chi connectivity index (χ4n) is 2.95. The Morgan fingerprint density at radius 3 is 2.60 bits per heavy atom. The molecule has 1 saturated heterocycles. The summed E-state index contributed by atoms with van der Waals surface area (Å²) in [5, 5.41) is 0. The number of halogens is 2. The molecular weight excluding hydrogens is 361 g/mol. The van der Waals surface area contributed by atoms with Gasteiger partial charge in [-0.25, -0.2) is 4.98 Å². The van der Waals surface area contributed by atoms with Gasteiger partial charge in [0.05, 0.1) is 12.1 Å². The van der Waals surface area contributed by atoms with E-state index in [0.717, 1.165) is 30.8 Å². The van der Waals surface area contributed by atoms with E-state index in [4.69, 9.17) is 10.2 Å². The Morgan fingerprint density at radius 2 is 2.00 bits per heavy atom. The molecule has 1 aliphatic rings. The molecule has 3 rings (SSSR count). The summed E-state index contributed by atoms with van der Waals surface area (Å²) in [6, 6.07) is 9.73. The van der Waals surface area contributed by atoms with Gasteiger partial charge in [-0.05, 0) is 37.4 Å². The average molecular weight is 386 g/mol. The number of nitrogens with two attached hydrogens (primary N) is 1. The number of rotatable bonds is 4. The predicted octanol–water partition coefficient (Wildman–Crippen LogP) is 3.23. The number of hydrogen-bond acceptors (Lipinski definition) is 4. The van der Waals surface area contributed by atoms with Gasteiger partial charge in [0.15, 0.2) is 0 Å². The van der Waals surface area contributed by atoms with Crippen molar-refractivity contribution in [1.29, 1.82) is 0 Å². The zero-order valence-electron chi connectivity index (χ0n) is 14.5. The molecule has 1 fully saturated rings. The van der Waals surface area contributed by atoms with Crippen LogP contribution in [0.5, 0.6) is 0 Å². The molecule has 2 aromatic rings. The minimum Gasteiger partial charge on any atom is -0.441 e. The largest absolute Gasteiger partial charge is 0.441 e. The molecule has 138 valence electrons. The SMILES string of the molecule is Cc1oc(-c2ccccc2)nc1CC(=O)N1CCC(C)(CN)C1.Cl.Cl. The Bertz CT molecular complexity index is 706. The predicted molar refractivity (Wildman–Crippen MR) is 103 cm³/mol. The smallest absolute Gasteiger partial charge is 0.228 e. The molecule has 0 radical (unpaired) electrons. The summed E-state index contributed by atoms with van der Waals surface area (Å²) in [6.45, 7) is 6.10. The van der Waals surface area contributed by atoms with E-state index in [2.05, 4.69) is 11.9 Å². The summed E-state index contributed by atoms with van der Waals surface area (Å²) in [7, 11) is 0. The van der Waals surface area contributed by atoms with Gasteiger partial charge in [0.25, 0.3) is 0 Å². The van der Waals surface area contributed by atoms with Crippen LogP contribution in [0.25, 0.3) is 11.5 Å². The van der Waals surface area contributed by atoms with Crippen molar-refractivity contribution >= 4 is 30.7 Å². The lowest BCUT2D eigenvalue weighted by Gasteiger charge is -2.22. The van der Waals surface area contributed by atoms with Crippen LogP contribution in [0.2, 0.25) is 0 Å². The molecule has 1 aliphatic heterocycles. The zero-order chi connectivity index (χ0) is 16.4. The average Bonchev–Trinajstić information content (AvgIpc) is 3.13. The highest BCUT2D eigenvalue weighted by Crippen LogP contribution is 2.29. The van der Waals surface area contributed by atoms with Gasteiger partial charge in [-0.1, -0.05) is 25.1 Å². The third-order valence-electron chi connectivity index (χ3n) is 4.64. The van der Waals surface area contributed by atoms with E-state index < -0.39 is 0 Å². The highest BCUT2D eigenvalue weighted by atomic mass is 35.5. The Labute approximate surface area is 160 Å². The maximum Gasteiger partial charge on any atom is 0.228 e. The van der Waals surface area contributed by atoms with Crippen molar-refractivity contribution in [2.24, 2.45) is 11.1 Å². The Morgan fingerprint density at radius 1 is 1.32 bits per heavy atom. The molecular formula is C18H25Cl2N3O2. The Kier molecular flexibility index (Phi) is 7.47. The highest BCUT2D eigenvalue weighted by molar-refractivity contribution is 5.85. The summed E-state index contributed by atoms with van der Waals surface area (Å²) in [6.07, 6.45) is 1.24. The summed E-state index contributed by atoms with van der Waals surface area (Å²) >= 11 is 0. The van der Waals surface area contributed by atoms with Crippen LogP contribution in [0.1, 0.15) is 24.8 Å². The number of amides is 1. The van der Waals surface area contributed by atoms with Crippen molar-refractivity contribution < 1.29 is 9.21 Å².